The number of carbonyl (C=O) groups is 1. The predicted octanol–water partition coefficient (Wildman–Crippen LogP) is 3.64. The first kappa shape index (κ1) is 22.0. The van der Waals surface area contributed by atoms with Gasteiger partial charge in [0, 0.05) is 38.2 Å². The second kappa shape index (κ2) is 9.96. The molecule has 1 saturated heterocycles. The van der Waals surface area contributed by atoms with Gasteiger partial charge in [-0.2, -0.15) is 4.98 Å². The molecule has 0 spiro atoms. The van der Waals surface area contributed by atoms with E-state index >= 15 is 0 Å². The number of aromatic nitrogens is 2. The number of hydrogen-bond donors (Lipinski definition) is 0. The molecule has 1 amide bonds. The van der Waals surface area contributed by atoms with Crippen molar-refractivity contribution in [2.24, 2.45) is 0 Å². The lowest BCUT2D eigenvalue weighted by atomic mass is 10.0. The van der Waals surface area contributed by atoms with Crippen LogP contribution in [0, 0.1) is 13.8 Å². The summed E-state index contributed by atoms with van der Waals surface area (Å²) in [4.78, 5) is 21.4. The van der Waals surface area contributed by atoms with Gasteiger partial charge >= 0.3 is 0 Å². The Kier molecular flexibility index (Phi) is 6.85. The first-order valence-corrected chi connectivity index (χ1v) is 11.0. The normalized spacial score (nSPS) is 14.5. The minimum atomic E-state index is 0.225. The largest absolute Gasteiger partial charge is 0.497 e. The van der Waals surface area contributed by atoms with E-state index in [0.29, 0.717) is 24.7 Å². The van der Waals surface area contributed by atoms with E-state index in [1.165, 1.54) is 16.7 Å². The van der Waals surface area contributed by atoms with E-state index in [9.17, 15) is 4.79 Å². The highest BCUT2D eigenvalue weighted by Crippen LogP contribution is 2.20. The first-order valence-electron chi connectivity index (χ1n) is 11.0. The number of carbonyl (C=O) groups excluding carboxylic acids is 1. The molecule has 2 aromatic carbocycles. The van der Waals surface area contributed by atoms with E-state index in [0.717, 1.165) is 43.9 Å². The van der Waals surface area contributed by atoms with Gasteiger partial charge in [0.25, 0.3) is 0 Å². The van der Waals surface area contributed by atoms with Crippen LogP contribution in [-0.2, 0) is 17.8 Å². The molecule has 0 aliphatic carbocycles. The van der Waals surface area contributed by atoms with Gasteiger partial charge in [0.2, 0.25) is 17.6 Å². The van der Waals surface area contributed by atoms with Crippen molar-refractivity contribution in [1.29, 1.82) is 0 Å². The molecular weight excluding hydrogens is 404 g/mol. The molecule has 1 aromatic heterocycles. The fourth-order valence-electron chi connectivity index (χ4n) is 4.15. The number of nitrogens with zero attached hydrogens (tertiary/aromatic N) is 4. The number of piperazine rings is 1. The molecule has 0 unspecified atom stereocenters. The summed E-state index contributed by atoms with van der Waals surface area (Å²) in [6.45, 7) is 7.84. The van der Waals surface area contributed by atoms with Gasteiger partial charge in [-0.1, -0.05) is 34.5 Å². The van der Waals surface area contributed by atoms with Crippen LogP contribution in [0.25, 0.3) is 11.4 Å². The highest BCUT2D eigenvalue weighted by molar-refractivity contribution is 5.76. The van der Waals surface area contributed by atoms with Crippen molar-refractivity contribution in [3.8, 4) is 17.1 Å². The van der Waals surface area contributed by atoms with Gasteiger partial charge in [-0.05, 0) is 50.1 Å². The molecule has 1 fully saturated rings. The lowest BCUT2D eigenvalue weighted by Crippen LogP contribution is -2.48. The summed E-state index contributed by atoms with van der Waals surface area (Å²) >= 11 is 0. The van der Waals surface area contributed by atoms with Gasteiger partial charge in [-0.25, -0.2) is 0 Å². The average molecular weight is 435 g/mol. The van der Waals surface area contributed by atoms with Gasteiger partial charge in [0.1, 0.15) is 5.75 Å². The highest BCUT2D eigenvalue weighted by Gasteiger charge is 2.22. The summed E-state index contributed by atoms with van der Waals surface area (Å²) in [5, 5.41) is 4.10. The number of benzene rings is 2. The van der Waals surface area contributed by atoms with Gasteiger partial charge in [-0.3, -0.25) is 9.69 Å². The number of hydrogen-bond acceptors (Lipinski definition) is 6. The molecule has 1 aliphatic heterocycles. The summed E-state index contributed by atoms with van der Waals surface area (Å²) in [5.41, 5.74) is 4.62. The van der Waals surface area contributed by atoms with Crippen molar-refractivity contribution < 1.29 is 14.1 Å². The van der Waals surface area contributed by atoms with Crippen LogP contribution in [0.15, 0.2) is 47.0 Å². The number of ether oxygens (including phenoxy) is 1. The van der Waals surface area contributed by atoms with Gasteiger partial charge in [-0.15, -0.1) is 0 Å². The van der Waals surface area contributed by atoms with Crippen molar-refractivity contribution in [3.05, 3.63) is 65.0 Å². The molecule has 0 bridgehead atoms. The van der Waals surface area contributed by atoms with Crippen molar-refractivity contribution in [2.75, 3.05) is 33.3 Å². The molecule has 0 saturated carbocycles. The molecule has 0 N–H and O–H groups in total. The Balaban J connectivity index is 1.25. The minimum Gasteiger partial charge on any atom is -0.497 e. The third-order valence-corrected chi connectivity index (χ3v) is 5.81. The molecule has 7 nitrogen and oxygen atoms in total. The second-order valence-electron chi connectivity index (χ2n) is 8.39. The van der Waals surface area contributed by atoms with Crippen molar-refractivity contribution >= 4 is 5.91 Å². The van der Waals surface area contributed by atoms with E-state index in [4.69, 9.17) is 9.26 Å². The van der Waals surface area contributed by atoms with E-state index in [2.05, 4.69) is 47.1 Å². The summed E-state index contributed by atoms with van der Waals surface area (Å²) < 4.78 is 10.6. The van der Waals surface area contributed by atoms with Gasteiger partial charge in [0.05, 0.1) is 13.7 Å². The summed E-state index contributed by atoms with van der Waals surface area (Å²) in [5.74, 6) is 2.18. The van der Waals surface area contributed by atoms with Gasteiger partial charge in [0.15, 0.2) is 0 Å². The summed E-state index contributed by atoms with van der Waals surface area (Å²) in [7, 11) is 1.64. The zero-order chi connectivity index (χ0) is 22.5. The number of methoxy groups -OCH3 is 1. The van der Waals surface area contributed by atoms with E-state index in [-0.39, 0.29) is 5.91 Å². The molecule has 168 valence electrons. The fraction of sp³-hybridized carbons (Fsp3) is 0.400. The first-order chi connectivity index (χ1) is 15.5. The van der Waals surface area contributed by atoms with Crippen LogP contribution in [-0.4, -0.2) is 59.1 Å². The van der Waals surface area contributed by atoms with Crippen LogP contribution in [0.1, 0.15) is 29.0 Å². The fourth-order valence-corrected chi connectivity index (χ4v) is 4.15. The molecule has 1 aliphatic rings. The predicted molar refractivity (Wildman–Crippen MR) is 122 cm³/mol. The van der Waals surface area contributed by atoms with Crippen molar-refractivity contribution in [1.82, 2.24) is 19.9 Å². The lowest BCUT2D eigenvalue weighted by molar-refractivity contribution is -0.133. The highest BCUT2D eigenvalue weighted by atomic mass is 16.5. The monoisotopic (exact) mass is 434 g/mol. The Hall–Kier alpha value is -3.19. The zero-order valence-electron chi connectivity index (χ0n) is 19.0. The van der Waals surface area contributed by atoms with Crippen LogP contribution in [0.5, 0.6) is 5.75 Å². The van der Waals surface area contributed by atoms with Crippen molar-refractivity contribution in [2.45, 2.75) is 33.2 Å². The minimum absolute atomic E-state index is 0.225. The van der Waals surface area contributed by atoms with Crippen LogP contribution in [0.3, 0.4) is 0 Å². The molecule has 0 radical (unpaired) electrons. The van der Waals surface area contributed by atoms with Crippen molar-refractivity contribution in [3.63, 3.8) is 0 Å². The SMILES string of the molecule is COc1ccc(-c2noc(CN3CCN(C(=O)CCc4cc(C)cc(C)c4)CC3)n2)cc1. The van der Waals surface area contributed by atoms with Gasteiger partial charge < -0.3 is 14.2 Å². The maximum atomic E-state index is 12.7. The maximum absolute atomic E-state index is 12.7. The lowest BCUT2D eigenvalue weighted by Gasteiger charge is -2.34. The maximum Gasteiger partial charge on any atom is 0.241 e. The zero-order valence-corrected chi connectivity index (χ0v) is 19.0. The number of amides is 1. The van der Waals surface area contributed by atoms with Crippen LogP contribution in [0.2, 0.25) is 0 Å². The standard InChI is InChI=1S/C25H30N4O3/c1-18-14-19(2)16-20(15-18)4-9-24(30)29-12-10-28(11-13-29)17-23-26-25(27-32-23)21-5-7-22(31-3)8-6-21/h5-8,14-16H,4,9-13,17H2,1-3H3. The smallest absolute Gasteiger partial charge is 0.241 e. The number of aryl methyl sites for hydroxylation is 3. The molecular formula is C25H30N4O3. The number of rotatable bonds is 7. The van der Waals surface area contributed by atoms with Crippen LogP contribution < -0.4 is 4.74 Å². The Morgan fingerprint density at radius 1 is 1.03 bits per heavy atom. The molecule has 3 aromatic rings. The van der Waals surface area contributed by atoms with Crippen LogP contribution in [0.4, 0.5) is 0 Å². The Labute approximate surface area is 189 Å². The molecule has 4 rings (SSSR count). The molecule has 2 heterocycles. The Morgan fingerprint density at radius 2 is 1.72 bits per heavy atom. The third kappa shape index (κ3) is 5.53. The van der Waals surface area contributed by atoms with E-state index in [1.54, 1.807) is 7.11 Å². The topological polar surface area (TPSA) is 71.7 Å². The quantitative estimate of drug-likeness (QED) is 0.565. The molecule has 0 atom stereocenters. The summed E-state index contributed by atoms with van der Waals surface area (Å²) in [6.07, 6.45) is 1.34. The van der Waals surface area contributed by atoms with E-state index < -0.39 is 0 Å². The van der Waals surface area contributed by atoms with Crippen LogP contribution >= 0.6 is 0 Å². The molecule has 7 heteroatoms. The second-order valence-corrected chi connectivity index (χ2v) is 8.39. The van der Waals surface area contributed by atoms with E-state index in [1.807, 2.05) is 29.2 Å². The average Bonchev–Trinajstić information content (AvgIpc) is 3.26. The third-order valence-electron chi connectivity index (χ3n) is 5.81. The summed E-state index contributed by atoms with van der Waals surface area (Å²) in [6, 6.07) is 14.1. The molecule has 32 heavy (non-hydrogen) atoms. The Bertz CT molecular complexity index is 1030. The Morgan fingerprint density at radius 3 is 2.38 bits per heavy atom.